The summed E-state index contributed by atoms with van der Waals surface area (Å²) >= 11 is 2.50. The number of anilines is 1. The number of hydrogen-bond donors (Lipinski definition) is 2. The second kappa shape index (κ2) is 11.7. The number of carbonyl (C=O) groups excluding carboxylic acids is 4. The number of nitrogens with one attached hydrogen (secondary N) is 1. The molecule has 2 atom stereocenters. The summed E-state index contributed by atoms with van der Waals surface area (Å²) in [6.07, 6.45) is 4.01. The maximum absolute atomic E-state index is 12.7. The summed E-state index contributed by atoms with van der Waals surface area (Å²) in [7, 11) is 2.50. The number of methoxy groups -OCH3 is 1. The molecule has 3 N–H and O–H groups in total. The molecule has 2 aliphatic rings. The Morgan fingerprint density at radius 2 is 2.15 bits per heavy atom. The van der Waals surface area contributed by atoms with Crippen LogP contribution in [0.5, 0.6) is 0 Å². The minimum absolute atomic E-state index is 0. The van der Waals surface area contributed by atoms with Crippen LogP contribution in [0.3, 0.4) is 0 Å². The number of esters is 2. The van der Waals surface area contributed by atoms with Crippen molar-refractivity contribution < 1.29 is 33.5 Å². The number of β-lactam (4-membered cyclic amide) rings is 1. The largest absolute Gasteiger partial charge is 0.466 e. The van der Waals surface area contributed by atoms with Crippen molar-refractivity contribution in [3.8, 4) is 0 Å². The average molecular weight is 518 g/mol. The first-order valence-electron chi connectivity index (χ1n) is 9.07. The van der Waals surface area contributed by atoms with Crippen LogP contribution >= 0.6 is 35.5 Å². The van der Waals surface area contributed by atoms with Gasteiger partial charge < -0.3 is 25.4 Å². The topological polar surface area (TPSA) is 163 Å². The van der Waals surface area contributed by atoms with Crippen molar-refractivity contribution in [1.82, 2.24) is 15.2 Å². The zero-order valence-corrected chi connectivity index (χ0v) is 19.8. The molecule has 1 aromatic heterocycles. The molecule has 3 heterocycles. The van der Waals surface area contributed by atoms with Gasteiger partial charge in [0.1, 0.15) is 36.5 Å². The van der Waals surface area contributed by atoms with Gasteiger partial charge in [-0.3, -0.25) is 14.5 Å². The lowest BCUT2D eigenvalue weighted by molar-refractivity contribution is -0.151. The van der Waals surface area contributed by atoms with Gasteiger partial charge in [0.15, 0.2) is 10.8 Å². The van der Waals surface area contributed by atoms with Gasteiger partial charge in [-0.05, 0) is 12.2 Å². The molecule has 0 radical (unpaired) electrons. The van der Waals surface area contributed by atoms with E-state index < -0.39 is 35.2 Å². The van der Waals surface area contributed by atoms with Crippen LogP contribution in [0.15, 0.2) is 34.5 Å². The van der Waals surface area contributed by atoms with Gasteiger partial charge >= 0.3 is 11.9 Å². The van der Waals surface area contributed by atoms with Crippen molar-refractivity contribution in [2.24, 2.45) is 5.16 Å². The molecule has 1 saturated heterocycles. The van der Waals surface area contributed by atoms with E-state index in [-0.39, 0.29) is 41.2 Å². The summed E-state index contributed by atoms with van der Waals surface area (Å²) in [5.41, 5.74) is 5.78. The van der Waals surface area contributed by atoms with Gasteiger partial charge in [0.25, 0.3) is 11.8 Å². The second-order valence-electron chi connectivity index (χ2n) is 6.19. The molecule has 1 aromatic rings. The van der Waals surface area contributed by atoms with Gasteiger partial charge in [0.05, 0.1) is 7.11 Å². The highest BCUT2D eigenvalue weighted by Gasteiger charge is 2.53. The zero-order chi connectivity index (χ0) is 23.3. The summed E-state index contributed by atoms with van der Waals surface area (Å²) in [5.74, 6) is -2.00. The first kappa shape index (κ1) is 26.2. The zero-order valence-electron chi connectivity index (χ0n) is 17.4. The van der Waals surface area contributed by atoms with Gasteiger partial charge in [0, 0.05) is 17.2 Å². The third-order valence-corrected chi connectivity index (χ3v) is 6.13. The van der Waals surface area contributed by atoms with E-state index >= 15 is 0 Å². The summed E-state index contributed by atoms with van der Waals surface area (Å²) in [6.45, 7) is -0.168. The number of fused-ring (bicyclic) bond motifs is 1. The fraction of sp³-hybridized carbons (Fsp3) is 0.333. The number of hydrogen-bond acceptors (Lipinski definition) is 12. The number of aromatic nitrogens is 1. The molecule has 2 aliphatic heterocycles. The van der Waals surface area contributed by atoms with Gasteiger partial charge in [-0.15, -0.1) is 35.5 Å². The smallest absolute Gasteiger partial charge is 0.355 e. The number of amides is 2. The van der Waals surface area contributed by atoms with Crippen molar-refractivity contribution in [1.29, 1.82) is 0 Å². The molecule has 1 fully saturated rings. The molecule has 12 nitrogen and oxygen atoms in total. The fourth-order valence-electron chi connectivity index (χ4n) is 2.84. The second-order valence-corrected chi connectivity index (χ2v) is 8.23. The maximum Gasteiger partial charge on any atom is 0.355 e. The van der Waals surface area contributed by atoms with E-state index in [1.54, 1.807) is 11.5 Å². The number of halogens is 1. The van der Waals surface area contributed by atoms with Crippen LogP contribution in [-0.4, -0.2) is 77.3 Å². The quantitative estimate of drug-likeness (QED) is 0.158. The predicted molar refractivity (Wildman–Crippen MR) is 123 cm³/mol. The Morgan fingerprint density at radius 3 is 2.79 bits per heavy atom. The van der Waals surface area contributed by atoms with E-state index in [0.717, 1.165) is 17.4 Å². The Bertz CT molecular complexity index is 1030. The molecule has 0 spiro atoms. The van der Waals surface area contributed by atoms with Crippen LogP contribution in [0.4, 0.5) is 5.13 Å². The molecule has 33 heavy (non-hydrogen) atoms. The Labute approximate surface area is 202 Å². The Kier molecular flexibility index (Phi) is 9.25. The number of ether oxygens (including phenoxy) is 2. The molecule has 0 aliphatic carbocycles. The van der Waals surface area contributed by atoms with Crippen LogP contribution < -0.4 is 11.1 Å². The van der Waals surface area contributed by atoms with E-state index in [1.807, 2.05) is 0 Å². The number of nitrogens with zero attached hydrogens (tertiary/aromatic N) is 3. The third kappa shape index (κ3) is 5.83. The normalized spacial score (nSPS) is 19.6. The van der Waals surface area contributed by atoms with Gasteiger partial charge in [0.2, 0.25) is 0 Å². The number of rotatable bonds is 8. The lowest BCUT2D eigenvalue weighted by Crippen LogP contribution is -2.70. The first-order chi connectivity index (χ1) is 15.4. The number of thioether (sulfide) groups is 1. The molecule has 0 saturated carbocycles. The summed E-state index contributed by atoms with van der Waals surface area (Å²) < 4.78 is 9.52. The van der Waals surface area contributed by atoms with Crippen LogP contribution in [0.25, 0.3) is 0 Å². The van der Waals surface area contributed by atoms with E-state index in [4.69, 9.17) is 15.3 Å². The van der Waals surface area contributed by atoms with Gasteiger partial charge in [-0.1, -0.05) is 5.16 Å². The SMILES string of the molecule is CON=C(C(=O)NC1C(=O)N2C(C(=O)OCC=CC(=O)OC)=CCS[C@@H]12)c1csc(N)n1.Cl. The highest BCUT2D eigenvalue weighted by molar-refractivity contribution is 8.00. The van der Waals surface area contributed by atoms with Crippen LogP contribution in [0.2, 0.25) is 0 Å². The van der Waals surface area contributed by atoms with Crippen molar-refractivity contribution in [3.05, 3.63) is 35.0 Å². The lowest BCUT2D eigenvalue weighted by Gasteiger charge is -2.48. The molecule has 3 rings (SSSR count). The van der Waals surface area contributed by atoms with Crippen LogP contribution in [0, 0.1) is 0 Å². The minimum atomic E-state index is -0.874. The highest BCUT2D eigenvalue weighted by atomic mass is 35.5. The van der Waals surface area contributed by atoms with Gasteiger partial charge in [-0.2, -0.15) is 0 Å². The number of nitrogens with two attached hydrogens (primary N) is 1. The van der Waals surface area contributed by atoms with E-state index in [1.165, 1.54) is 37.0 Å². The Morgan fingerprint density at radius 1 is 1.39 bits per heavy atom. The minimum Gasteiger partial charge on any atom is -0.466 e. The predicted octanol–water partition coefficient (Wildman–Crippen LogP) is 0.0538. The standard InChI is InChI=1S/C18H19N5O7S2.ClH/c1-28-11(24)4-3-6-30-17(27)10-5-7-31-16-13(15(26)23(10)16)21-14(25)12(22-29-2)9-8-32-18(19)20-9;/h3-5,8,13,16H,6-7H2,1-2H3,(H2,19,20)(H,21,25);1H/t13?,16-;/m0./s1. The number of oxime groups is 1. The van der Waals surface area contributed by atoms with Gasteiger partial charge in [-0.25, -0.2) is 14.6 Å². The Hall–Kier alpha value is -3.10. The molecule has 1 unspecified atom stereocenters. The molecule has 178 valence electrons. The van der Waals surface area contributed by atoms with E-state index in [2.05, 4.69) is 20.2 Å². The fourth-order valence-corrected chi connectivity index (χ4v) is 4.58. The maximum atomic E-state index is 12.7. The van der Waals surface area contributed by atoms with Crippen molar-refractivity contribution in [2.45, 2.75) is 11.4 Å². The molecule has 15 heteroatoms. The molecule has 2 amide bonds. The Balaban J connectivity index is 0.00000385. The summed E-state index contributed by atoms with van der Waals surface area (Å²) in [6, 6.07) is -0.874. The first-order valence-corrected chi connectivity index (χ1v) is 11.0. The van der Waals surface area contributed by atoms with Crippen molar-refractivity contribution >= 4 is 70.1 Å². The van der Waals surface area contributed by atoms with E-state index in [0.29, 0.717) is 5.75 Å². The molecular weight excluding hydrogens is 498 g/mol. The molecule has 0 aromatic carbocycles. The summed E-state index contributed by atoms with van der Waals surface area (Å²) in [4.78, 5) is 58.8. The monoisotopic (exact) mass is 517 g/mol. The highest BCUT2D eigenvalue weighted by Crippen LogP contribution is 2.37. The van der Waals surface area contributed by atoms with Crippen molar-refractivity contribution in [2.75, 3.05) is 32.3 Å². The van der Waals surface area contributed by atoms with Crippen LogP contribution in [0.1, 0.15) is 5.69 Å². The van der Waals surface area contributed by atoms with Crippen molar-refractivity contribution in [3.63, 3.8) is 0 Å². The molecular formula is C18H20ClN5O7S2. The average Bonchev–Trinajstić information content (AvgIpc) is 3.23. The third-order valence-electron chi connectivity index (χ3n) is 4.27. The van der Waals surface area contributed by atoms with Crippen LogP contribution in [-0.2, 0) is 33.5 Å². The van der Waals surface area contributed by atoms with E-state index in [9.17, 15) is 19.2 Å². The number of carbonyl (C=O) groups is 4. The summed E-state index contributed by atoms with van der Waals surface area (Å²) in [5, 5.41) is 7.60. The number of thiazole rings is 1. The lowest BCUT2D eigenvalue weighted by atomic mass is 10.0. The molecule has 0 bridgehead atoms. The number of nitrogen functional groups attached to an aromatic ring is 1.